The van der Waals surface area contributed by atoms with Gasteiger partial charge in [0.15, 0.2) is 25.2 Å². The average Bonchev–Trinajstić information content (AvgIpc) is 2.64. The second-order valence-electron chi connectivity index (χ2n) is 11.3. The first-order valence-electron chi connectivity index (χ1n) is 11.1. The Bertz CT molecular complexity index is 967. The van der Waals surface area contributed by atoms with E-state index in [-0.39, 0.29) is 10.8 Å². The molecule has 0 spiro atoms. The second-order valence-corrected chi connectivity index (χ2v) is 12.4. The van der Waals surface area contributed by atoms with Crippen LogP contribution in [0.2, 0.25) is 0 Å². The molecular weight excluding hydrogens is 415 g/mol. The van der Waals surface area contributed by atoms with E-state index in [1.165, 1.54) is 6.92 Å². The lowest BCUT2D eigenvalue weighted by Crippen LogP contribution is -2.40. The predicted molar refractivity (Wildman–Crippen MR) is 134 cm³/mol. The largest absolute Gasteiger partial charge is 0.292 e. The number of hydrogen-bond acceptors (Lipinski definition) is 3. The third-order valence-electron chi connectivity index (χ3n) is 6.32. The van der Waals surface area contributed by atoms with Crippen LogP contribution < -0.4 is 0 Å². The van der Waals surface area contributed by atoms with Crippen molar-refractivity contribution < 1.29 is 14.2 Å². The molecular formula is C28H37O3P. The fraction of sp³-hybridized carbons (Fsp3) is 0.500. The zero-order chi connectivity index (χ0) is 24.8. The molecule has 0 aliphatic heterocycles. The van der Waals surface area contributed by atoms with Gasteiger partial charge in [-0.25, -0.2) is 0 Å². The minimum absolute atomic E-state index is 0.0595. The Kier molecular flexibility index (Phi) is 7.08. The van der Waals surface area contributed by atoms with Gasteiger partial charge < -0.3 is 0 Å². The summed E-state index contributed by atoms with van der Waals surface area (Å²) in [5, 5.41) is -1.68. The highest BCUT2D eigenvalue weighted by molar-refractivity contribution is 7.30. The van der Waals surface area contributed by atoms with Gasteiger partial charge in [0.2, 0.25) is 0 Å². The third kappa shape index (κ3) is 4.79. The van der Waals surface area contributed by atoms with Gasteiger partial charge in [-0.05, 0) is 78.8 Å². The van der Waals surface area contributed by atoms with Gasteiger partial charge in [0.05, 0.1) is 0 Å². The first-order chi connectivity index (χ1) is 14.4. The molecule has 0 aliphatic carbocycles. The Morgan fingerprint density at radius 1 is 0.594 bits per heavy atom. The molecule has 2 aromatic carbocycles. The SMILES string of the molecule is Cc1cc(C(C)(C)C)cc(C)c1C(=O)C(C)(P=O)C(=O)c1c(C)cc(C(C)(C)C)cc1C. The average molecular weight is 453 g/mol. The monoisotopic (exact) mass is 452 g/mol. The van der Waals surface area contributed by atoms with E-state index >= 15 is 0 Å². The molecule has 3 nitrogen and oxygen atoms in total. The van der Waals surface area contributed by atoms with Crippen LogP contribution in [0.3, 0.4) is 0 Å². The van der Waals surface area contributed by atoms with Gasteiger partial charge in [0.1, 0.15) is 0 Å². The molecule has 0 bridgehead atoms. The lowest BCUT2D eigenvalue weighted by atomic mass is 9.79. The number of benzene rings is 2. The zero-order valence-electron chi connectivity index (χ0n) is 21.5. The summed E-state index contributed by atoms with van der Waals surface area (Å²) in [6.07, 6.45) is 0. The van der Waals surface area contributed by atoms with Crippen LogP contribution in [0.4, 0.5) is 0 Å². The summed E-state index contributed by atoms with van der Waals surface area (Å²) in [7, 11) is -0.497. The van der Waals surface area contributed by atoms with Crippen molar-refractivity contribution in [1.82, 2.24) is 0 Å². The number of ketones is 2. The van der Waals surface area contributed by atoms with E-state index in [4.69, 9.17) is 0 Å². The highest BCUT2D eigenvalue weighted by atomic mass is 31.1. The first kappa shape index (κ1) is 26.1. The van der Waals surface area contributed by atoms with Gasteiger partial charge in [-0.1, -0.05) is 65.8 Å². The van der Waals surface area contributed by atoms with Crippen molar-refractivity contribution in [3.05, 3.63) is 68.8 Å². The van der Waals surface area contributed by atoms with Gasteiger partial charge >= 0.3 is 0 Å². The number of Topliss-reactive ketones (excluding diaryl/α,β-unsaturated/α-hetero) is 2. The number of carbonyl (C=O) groups excluding carboxylic acids is 2. The number of hydrogen-bond donors (Lipinski definition) is 0. The summed E-state index contributed by atoms with van der Waals surface area (Å²) in [5.74, 6) is -0.790. The molecule has 2 rings (SSSR count). The van der Waals surface area contributed by atoms with Crippen molar-refractivity contribution in [3.8, 4) is 0 Å². The van der Waals surface area contributed by atoms with E-state index in [1.54, 1.807) is 0 Å². The van der Waals surface area contributed by atoms with Gasteiger partial charge in [-0.15, -0.1) is 0 Å². The Labute approximate surface area is 195 Å². The normalized spacial score (nSPS) is 12.8. The van der Waals surface area contributed by atoms with Crippen LogP contribution in [0.5, 0.6) is 0 Å². The molecule has 0 amide bonds. The summed E-state index contributed by atoms with van der Waals surface area (Å²) in [4.78, 5) is 27.5. The molecule has 0 aliphatic rings. The first-order valence-corrected chi connectivity index (χ1v) is 11.9. The van der Waals surface area contributed by atoms with Crippen LogP contribution in [-0.4, -0.2) is 16.7 Å². The Balaban J connectivity index is 2.64. The molecule has 0 N–H and O–H groups in total. The van der Waals surface area contributed by atoms with E-state index in [9.17, 15) is 14.2 Å². The molecule has 0 saturated carbocycles. The van der Waals surface area contributed by atoms with Gasteiger partial charge in [-0.2, -0.15) is 0 Å². The maximum Gasteiger partial charge on any atom is 0.188 e. The van der Waals surface area contributed by atoms with Crippen LogP contribution >= 0.6 is 8.46 Å². The maximum atomic E-state index is 13.7. The maximum absolute atomic E-state index is 13.7. The zero-order valence-corrected chi connectivity index (χ0v) is 22.4. The van der Waals surface area contributed by atoms with Crippen LogP contribution in [0.15, 0.2) is 24.3 Å². The van der Waals surface area contributed by atoms with Crippen LogP contribution in [0, 0.1) is 27.7 Å². The van der Waals surface area contributed by atoms with E-state index in [1.807, 2.05) is 52.0 Å². The van der Waals surface area contributed by atoms with Gasteiger partial charge in [-0.3, -0.25) is 14.2 Å². The summed E-state index contributed by atoms with van der Waals surface area (Å²) < 4.78 is 12.4. The van der Waals surface area contributed by atoms with Crippen LogP contribution in [0.1, 0.15) is 103 Å². The minimum Gasteiger partial charge on any atom is -0.292 e. The Morgan fingerprint density at radius 2 is 0.844 bits per heavy atom. The summed E-state index contributed by atoms with van der Waals surface area (Å²) >= 11 is 0. The lowest BCUT2D eigenvalue weighted by Gasteiger charge is -2.27. The number of carbonyl (C=O) groups is 2. The Morgan fingerprint density at radius 3 is 1.03 bits per heavy atom. The van der Waals surface area contributed by atoms with E-state index in [0.717, 1.165) is 33.4 Å². The van der Waals surface area contributed by atoms with Crippen molar-refractivity contribution in [1.29, 1.82) is 0 Å². The van der Waals surface area contributed by atoms with E-state index in [0.29, 0.717) is 11.1 Å². The molecule has 32 heavy (non-hydrogen) atoms. The molecule has 172 valence electrons. The van der Waals surface area contributed by atoms with Gasteiger partial charge in [0, 0.05) is 11.1 Å². The second kappa shape index (κ2) is 8.67. The van der Waals surface area contributed by atoms with Crippen molar-refractivity contribution >= 4 is 20.0 Å². The summed E-state index contributed by atoms with van der Waals surface area (Å²) in [6, 6.07) is 8.01. The highest BCUT2D eigenvalue weighted by Crippen LogP contribution is 2.37. The van der Waals surface area contributed by atoms with E-state index < -0.39 is 25.2 Å². The van der Waals surface area contributed by atoms with Crippen LogP contribution in [-0.2, 0) is 15.4 Å². The molecule has 2 aromatic rings. The van der Waals surface area contributed by atoms with E-state index in [2.05, 4.69) is 41.5 Å². The predicted octanol–water partition coefficient (Wildman–Crippen LogP) is 7.63. The third-order valence-corrected chi connectivity index (χ3v) is 7.09. The molecule has 0 fully saturated rings. The van der Waals surface area contributed by atoms with Crippen molar-refractivity contribution in [3.63, 3.8) is 0 Å². The highest BCUT2D eigenvalue weighted by Gasteiger charge is 2.45. The summed E-state index contributed by atoms with van der Waals surface area (Å²) in [6.45, 7) is 21.8. The topological polar surface area (TPSA) is 51.2 Å². The molecule has 0 heterocycles. The Hall–Kier alpha value is -2.12. The fourth-order valence-electron chi connectivity index (χ4n) is 4.18. The van der Waals surface area contributed by atoms with Crippen molar-refractivity contribution in [2.75, 3.05) is 0 Å². The number of rotatable bonds is 5. The molecule has 0 atom stereocenters. The molecule has 0 saturated heterocycles. The standard InChI is InChI=1S/C28H37O3P/c1-16-12-20(26(5,6)7)13-17(2)22(16)24(29)28(11,32-31)25(30)23-18(3)14-21(15-19(23)4)27(8,9)10/h12-15H,1-11H3. The van der Waals surface area contributed by atoms with Gasteiger partial charge in [0.25, 0.3) is 0 Å². The smallest absolute Gasteiger partial charge is 0.188 e. The van der Waals surface area contributed by atoms with Crippen LogP contribution in [0.25, 0.3) is 0 Å². The molecule has 0 radical (unpaired) electrons. The minimum atomic E-state index is -1.68. The summed E-state index contributed by atoms with van der Waals surface area (Å²) in [5.41, 5.74) is 6.32. The molecule has 0 unspecified atom stereocenters. The quantitative estimate of drug-likeness (QED) is 0.266. The van der Waals surface area contributed by atoms with Crippen molar-refractivity contribution in [2.24, 2.45) is 0 Å². The molecule has 4 heteroatoms. The lowest BCUT2D eigenvalue weighted by molar-refractivity contribution is 0.0843. The van der Waals surface area contributed by atoms with Crippen molar-refractivity contribution in [2.45, 2.75) is 92.1 Å². The fourth-order valence-corrected chi connectivity index (χ4v) is 4.57. The number of aryl methyl sites for hydroxylation is 4. The molecule has 0 aromatic heterocycles.